The molecule has 3 rings (SSSR count). The number of benzene rings is 3. The van der Waals surface area contributed by atoms with Crippen molar-refractivity contribution in [1.29, 1.82) is 0 Å². The van der Waals surface area contributed by atoms with Gasteiger partial charge in [-0.1, -0.05) is 36.4 Å². The predicted octanol–water partition coefficient (Wildman–Crippen LogP) is 4.66. The lowest BCUT2D eigenvalue weighted by molar-refractivity contribution is -0.121. The number of hydrogen-bond acceptors (Lipinski definition) is 3. The van der Waals surface area contributed by atoms with Crippen LogP contribution in [0.5, 0.6) is 11.5 Å². The molecule has 3 aromatic rings. The van der Waals surface area contributed by atoms with Crippen LogP contribution in [0.4, 0.5) is 4.39 Å². The van der Waals surface area contributed by atoms with E-state index in [2.05, 4.69) is 5.32 Å². The highest BCUT2D eigenvalue weighted by atomic mass is 19.1. The van der Waals surface area contributed by atoms with E-state index in [9.17, 15) is 9.18 Å². The first-order valence-electron chi connectivity index (χ1n) is 9.48. The van der Waals surface area contributed by atoms with Crippen LogP contribution in [-0.2, 0) is 24.4 Å². The third-order valence-electron chi connectivity index (χ3n) is 4.53. The van der Waals surface area contributed by atoms with Crippen LogP contribution in [0.15, 0.2) is 72.8 Å². The zero-order valence-corrected chi connectivity index (χ0v) is 16.4. The summed E-state index contributed by atoms with van der Waals surface area (Å²) in [6.45, 7) is 0.849. The zero-order chi connectivity index (χ0) is 20.5. The van der Waals surface area contributed by atoms with E-state index in [4.69, 9.17) is 9.47 Å². The van der Waals surface area contributed by atoms with Crippen LogP contribution in [-0.4, -0.2) is 13.0 Å². The van der Waals surface area contributed by atoms with E-state index in [0.29, 0.717) is 26.0 Å². The van der Waals surface area contributed by atoms with Crippen LogP contribution < -0.4 is 14.8 Å². The predicted molar refractivity (Wildman–Crippen MR) is 110 cm³/mol. The van der Waals surface area contributed by atoms with Gasteiger partial charge >= 0.3 is 0 Å². The maximum Gasteiger partial charge on any atom is 0.220 e. The lowest BCUT2D eigenvalue weighted by atomic mass is 10.1. The van der Waals surface area contributed by atoms with E-state index in [-0.39, 0.29) is 11.7 Å². The Labute approximate surface area is 170 Å². The first kappa shape index (κ1) is 20.4. The molecule has 5 heteroatoms. The Bertz CT molecular complexity index is 906. The van der Waals surface area contributed by atoms with Crippen molar-refractivity contribution in [3.63, 3.8) is 0 Å². The maximum absolute atomic E-state index is 12.9. The number of ether oxygens (including phenoxy) is 2. The van der Waals surface area contributed by atoms with Crippen molar-refractivity contribution in [2.45, 2.75) is 26.0 Å². The van der Waals surface area contributed by atoms with Crippen molar-refractivity contribution in [3.8, 4) is 11.5 Å². The third-order valence-corrected chi connectivity index (χ3v) is 4.53. The number of rotatable bonds is 9. The van der Waals surface area contributed by atoms with Gasteiger partial charge in [0.2, 0.25) is 5.91 Å². The minimum absolute atomic E-state index is 0.0115. The van der Waals surface area contributed by atoms with E-state index in [0.717, 1.165) is 28.2 Å². The molecule has 0 unspecified atom stereocenters. The quantitative estimate of drug-likeness (QED) is 0.575. The highest BCUT2D eigenvalue weighted by molar-refractivity contribution is 5.76. The summed E-state index contributed by atoms with van der Waals surface area (Å²) in [4.78, 5) is 12.1. The van der Waals surface area contributed by atoms with Gasteiger partial charge in [-0.25, -0.2) is 4.39 Å². The zero-order valence-electron chi connectivity index (χ0n) is 16.4. The molecule has 0 heterocycles. The van der Waals surface area contributed by atoms with Crippen LogP contribution in [0, 0.1) is 5.82 Å². The van der Waals surface area contributed by atoms with Crippen molar-refractivity contribution < 1.29 is 18.7 Å². The second kappa shape index (κ2) is 10.3. The molecule has 0 fully saturated rings. The Morgan fingerprint density at radius 2 is 1.41 bits per heavy atom. The summed E-state index contributed by atoms with van der Waals surface area (Å²) in [5.41, 5.74) is 3.00. The molecule has 0 saturated carbocycles. The number of methoxy groups -OCH3 is 1. The summed E-state index contributed by atoms with van der Waals surface area (Å²) >= 11 is 0. The Kier molecular flexibility index (Phi) is 7.22. The molecule has 4 nitrogen and oxygen atoms in total. The molecule has 0 aliphatic carbocycles. The van der Waals surface area contributed by atoms with Crippen LogP contribution in [0.2, 0.25) is 0 Å². The second-order valence-corrected chi connectivity index (χ2v) is 6.68. The molecule has 1 amide bonds. The number of carbonyl (C=O) groups excluding carboxylic acids is 1. The molecule has 0 aromatic heterocycles. The SMILES string of the molecule is COc1ccc(CCC(=O)NCc2ccc(OCc3ccc(F)cc3)cc2)cc1. The number of carbonyl (C=O) groups is 1. The summed E-state index contributed by atoms with van der Waals surface area (Å²) < 4.78 is 23.7. The molecule has 0 aliphatic rings. The maximum atomic E-state index is 12.9. The van der Waals surface area contributed by atoms with Crippen molar-refractivity contribution in [1.82, 2.24) is 5.32 Å². The Balaban J connectivity index is 1.39. The standard InChI is InChI=1S/C24H24FNO3/c1-28-22-11-4-18(5-12-22)8-15-24(27)26-16-19-6-13-23(14-7-19)29-17-20-2-9-21(25)10-3-20/h2-7,9-14H,8,15-17H2,1H3,(H,26,27). The molecular formula is C24H24FNO3. The average molecular weight is 393 g/mol. The van der Waals surface area contributed by atoms with Gasteiger partial charge < -0.3 is 14.8 Å². The van der Waals surface area contributed by atoms with E-state index in [1.165, 1.54) is 12.1 Å². The fourth-order valence-electron chi connectivity index (χ4n) is 2.79. The van der Waals surface area contributed by atoms with Crippen LogP contribution >= 0.6 is 0 Å². The molecular weight excluding hydrogens is 369 g/mol. The van der Waals surface area contributed by atoms with Gasteiger partial charge in [-0.15, -0.1) is 0 Å². The van der Waals surface area contributed by atoms with Crippen molar-refractivity contribution in [2.75, 3.05) is 7.11 Å². The normalized spacial score (nSPS) is 10.4. The first-order chi connectivity index (χ1) is 14.1. The largest absolute Gasteiger partial charge is 0.497 e. The lowest BCUT2D eigenvalue weighted by Crippen LogP contribution is -2.22. The van der Waals surface area contributed by atoms with Crippen LogP contribution in [0.1, 0.15) is 23.1 Å². The highest BCUT2D eigenvalue weighted by Gasteiger charge is 2.04. The smallest absolute Gasteiger partial charge is 0.220 e. The Morgan fingerprint density at radius 1 is 0.828 bits per heavy atom. The minimum Gasteiger partial charge on any atom is -0.497 e. The molecule has 0 saturated heterocycles. The summed E-state index contributed by atoms with van der Waals surface area (Å²) in [6.07, 6.45) is 1.12. The molecule has 150 valence electrons. The number of nitrogens with one attached hydrogen (secondary N) is 1. The average Bonchev–Trinajstić information content (AvgIpc) is 2.77. The molecule has 3 aromatic carbocycles. The molecule has 1 N–H and O–H groups in total. The summed E-state index contributed by atoms with van der Waals surface area (Å²) in [5.74, 6) is 1.29. The molecule has 0 atom stereocenters. The van der Waals surface area contributed by atoms with Crippen molar-refractivity contribution in [3.05, 3.63) is 95.3 Å². The Morgan fingerprint density at radius 3 is 2.07 bits per heavy atom. The van der Waals surface area contributed by atoms with Gasteiger partial charge in [0.1, 0.15) is 23.9 Å². The van der Waals surface area contributed by atoms with Gasteiger partial charge in [0.25, 0.3) is 0 Å². The summed E-state index contributed by atoms with van der Waals surface area (Å²) in [7, 11) is 1.63. The molecule has 0 radical (unpaired) electrons. The van der Waals surface area contributed by atoms with Gasteiger partial charge in [0.15, 0.2) is 0 Å². The van der Waals surface area contributed by atoms with E-state index in [1.54, 1.807) is 19.2 Å². The number of hydrogen-bond donors (Lipinski definition) is 1. The van der Waals surface area contributed by atoms with Gasteiger partial charge in [-0.3, -0.25) is 4.79 Å². The van der Waals surface area contributed by atoms with E-state index in [1.807, 2.05) is 48.5 Å². The fourth-order valence-corrected chi connectivity index (χ4v) is 2.79. The van der Waals surface area contributed by atoms with Crippen LogP contribution in [0.3, 0.4) is 0 Å². The molecule has 29 heavy (non-hydrogen) atoms. The van der Waals surface area contributed by atoms with Gasteiger partial charge in [0.05, 0.1) is 7.11 Å². The number of amides is 1. The van der Waals surface area contributed by atoms with Gasteiger partial charge in [-0.05, 0) is 59.5 Å². The number of aryl methyl sites for hydroxylation is 1. The Hall–Kier alpha value is -3.34. The highest BCUT2D eigenvalue weighted by Crippen LogP contribution is 2.15. The van der Waals surface area contributed by atoms with Crippen molar-refractivity contribution >= 4 is 5.91 Å². The topological polar surface area (TPSA) is 47.6 Å². The summed E-state index contributed by atoms with van der Waals surface area (Å²) in [6, 6.07) is 21.5. The van der Waals surface area contributed by atoms with Gasteiger partial charge in [-0.2, -0.15) is 0 Å². The molecule has 0 bridgehead atoms. The van der Waals surface area contributed by atoms with E-state index >= 15 is 0 Å². The third kappa shape index (κ3) is 6.64. The monoisotopic (exact) mass is 393 g/mol. The molecule has 0 aliphatic heterocycles. The molecule has 0 spiro atoms. The minimum atomic E-state index is -0.260. The van der Waals surface area contributed by atoms with Gasteiger partial charge in [0, 0.05) is 13.0 Å². The van der Waals surface area contributed by atoms with E-state index < -0.39 is 0 Å². The lowest BCUT2D eigenvalue weighted by Gasteiger charge is -2.09. The second-order valence-electron chi connectivity index (χ2n) is 6.68. The fraction of sp³-hybridized carbons (Fsp3) is 0.208. The van der Waals surface area contributed by atoms with Crippen LogP contribution in [0.25, 0.3) is 0 Å². The first-order valence-corrected chi connectivity index (χ1v) is 9.48. The summed E-state index contributed by atoms with van der Waals surface area (Å²) in [5, 5.41) is 2.93. The van der Waals surface area contributed by atoms with Crippen molar-refractivity contribution in [2.24, 2.45) is 0 Å². The number of halogens is 1.